The van der Waals surface area contributed by atoms with Gasteiger partial charge in [-0.2, -0.15) is 0 Å². The van der Waals surface area contributed by atoms with E-state index in [-0.39, 0.29) is 0 Å². The van der Waals surface area contributed by atoms with Gasteiger partial charge in [0.15, 0.2) is 5.65 Å². The average molecular weight is 240 g/mol. The summed E-state index contributed by atoms with van der Waals surface area (Å²) in [6, 6.07) is 8.11. The fourth-order valence-electron chi connectivity index (χ4n) is 2.33. The van der Waals surface area contributed by atoms with Crippen LogP contribution in [-0.4, -0.2) is 19.6 Å². The molecule has 3 rings (SSSR count). The quantitative estimate of drug-likeness (QED) is 0.707. The number of aryl methyl sites for hydroxylation is 2. The molecule has 0 saturated carbocycles. The van der Waals surface area contributed by atoms with E-state index < -0.39 is 0 Å². The van der Waals surface area contributed by atoms with Gasteiger partial charge in [0.25, 0.3) is 0 Å². The Labute approximate surface area is 106 Å². The minimum absolute atomic E-state index is 0.885. The van der Waals surface area contributed by atoms with Crippen molar-refractivity contribution >= 4 is 16.6 Å². The third kappa shape index (κ3) is 1.56. The van der Waals surface area contributed by atoms with Crippen molar-refractivity contribution in [3.05, 3.63) is 35.9 Å². The van der Waals surface area contributed by atoms with Crippen molar-refractivity contribution in [1.29, 1.82) is 0 Å². The fourth-order valence-corrected chi connectivity index (χ4v) is 2.33. The van der Waals surface area contributed by atoms with Gasteiger partial charge in [0.1, 0.15) is 11.6 Å². The number of benzene rings is 1. The molecule has 0 fully saturated rings. The highest BCUT2D eigenvalue weighted by Gasteiger charge is 2.12. The molecule has 0 aliphatic carbocycles. The standard InChI is InChI=1S/C14H16N4/c1-3-7-13-16-17-14-10-8-5-6-9-11(10)15-12(4-2)18(13)14/h5-6,8-9H,3-4,7H2,1-2H3. The second-order valence-corrected chi connectivity index (χ2v) is 4.42. The van der Waals surface area contributed by atoms with E-state index in [2.05, 4.69) is 34.5 Å². The van der Waals surface area contributed by atoms with Gasteiger partial charge in [-0.25, -0.2) is 4.98 Å². The lowest BCUT2D eigenvalue weighted by molar-refractivity contribution is 0.785. The number of rotatable bonds is 3. The summed E-state index contributed by atoms with van der Waals surface area (Å²) in [5, 5.41) is 9.74. The highest BCUT2D eigenvalue weighted by Crippen LogP contribution is 2.19. The van der Waals surface area contributed by atoms with E-state index in [4.69, 9.17) is 4.98 Å². The van der Waals surface area contributed by atoms with Crippen molar-refractivity contribution in [3.63, 3.8) is 0 Å². The molecule has 1 aromatic carbocycles. The van der Waals surface area contributed by atoms with Gasteiger partial charge in [0, 0.05) is 18.2 Å². The molecular weight excluding hydrogens is 224 g/mol. The van der Waals surface area contributed by atoms with E-state index in [1.165, 1.54) is 0 Å². The van der Waals surface area contributed by atoms with E-state index in [1.807, 2.05) is 18.2 Å². The molecule has 0 N–H and O–H groups in total. The molecule has 92 valence electrons. The van der Waals surface area contributed by atoms with Crippen molar-refractivity contribution < 1.29 is 0 Å². The van der Waals surface area contributed by atoms with Crippen LogP contribution in [0.5, 0.6) is 0 Å². The van der Waals surface area contributed by atoms with Crippen LogP contribution in [-0.2, 0) is 12.8 Å². The maximum Gasteiger partial charge on any atom is 0.171 e. The van der Waals surface area contributed by atoms with Crippen molar-refractivity contribution in [2.45, 2.75) is 33.1 Å². The zero-order chi connectivity index (χ0) is 12.5. The first-order valence-electron chi connectivity index (χ1n) is 6.46. The molecule has 2 heterocycles. The Morgan fingerprint density at radius 2 is 1.89 bits per heavy atom. The third-order valence-electron chi connectivity index (χ3n) is 3.17. The summed E-state index contributed by atoms with van der Waals surface area (Å²) in [4.78, 5) is 4.72. The van der Waals surface area contributed by atoms with Gasteiger partial charge in [-0.1, -0.05) is 26.0 Å². The third-order valence-corrected chi connectivity index (χ3v) is 3.17. The van der Waals surface area contributed by atoms with Crippen LogP contribution in [0.15, 0.2) is 24.3 Å². The molecule has 0 atom stereocenters. The number of hydrogen-bond donors (Lipinski definition) is 0. The van der Waals surface area contributed by atoms with Crippen LogP contribution in [0.4, 0.5) is 0 Å². The van der Waals surface area contributed by atoms with Crippen molar-refractivity contribution in [3.8, 4) is 0 Å². The predicted octanol–water partition coefficient (Wildman–Crippen LogP) is 2.79. The monoisotopic (exact) mass is 240 g/mol. The van der Waals surface area contributed by atoms with Gasteiger partial charge in [-0.15, -0.1) is 10.2 Å². The second-order valence-electron chi connectivity index (χ2n) is 4.42. The first-order chi connectivity index (χ1) is 8.85. The van der Waals surface area contributed by atoms with Gasteiger partial charge in [-0.3, -0.25) is 4.40 Å². The number of fused-ring (bicyclic) bond motifs is 3. The van der Waals surface area contributed by atoms with Crippen LogP contribution in [0.2, 0.25) is 0 Å². The lowest BCUT2D eigenvalue weighted by Crippen LogP contribution is -2.04. The van der Waals surface area contributed by atoms with Gasteiger partial charge in [0.05, 0.1) is 5.52 Å². The number of hydrogen-bond acceptors (Lipinski definition) is 3. The van der Waals surface area contributed by atoms with Crippen molar-refractivity contribution in [2.75, 3.05) is 0 Å². The van der Waals surface area contributed by atoms with Crippen LogP contribution in [0.1, 0.15) is 31.9 Å². The Kier molecular flexibility index (Phi) is 2.70. The molecule has 3 aromatic rings. The molecule has 0 amide bonds. The SMILES string of the molecule is CCCc1nnc2c3ccccc3nc(CC)n12. The Morgan fingerprint density at radius 3 is 2.67 bits per heavy atom. The first-order valence-corrected chi connectivity index (χ1v) is 6.46. The van der Waals surface area contributed by atoms with Crippen molar-refractivity contribution in [2.24, 2.45) is 0 Å². The second kappa shape index (κ2) is 4.37. The molecule has 2 aromatic heterocycles. The minimum atomic E-state index is 0.885. The van der Waals surface area contributed by atoms with Gasteiger partial charge in [0.2, 0.25) is 0 Å². The highest BCUT2D eigenvalue weighted by atomic mass is 15.3. The Morgan fingerprint density at radius 1 is 1.06 bits per heavy atom. The molecule has 0 saturated heterocycles. The molecule has 4 nitrogen and oxygen atoms in total. The number of aromatic nitrogens is 4. The van der Waals surface area contributed by atoms with Crippen LogP contribution in [0.25, 0.3) is 16.6 Å². The number of para-hydroxylation sites is 1. The van der Waals surface area contributed by atoms with Crippen LogP contribution in [0, 0.1) is 0 Å². The molecule has 0 aliphatic rings. The zero-order valence-corrected chi connectivity index (χ0v) is 10.7. The summed E-state index contributed by atoms with van der Waals surface area (Å²) < 4.78 is 2.12. The summed E-state index contributed by atoms with van der Waals surface area (Å²) in [6.45, 7) is 4.27. The maximum absolute atomic E-state index is 4.72. The average Bonchev–Trinajstić information content (AvgIpc) is 2.83. The number of nitrogens with zero attached hydrogens (tertiary/aromatic N) is 4. The summed E-state index contributed by atoms with van der Waals surface area (Å²) >= 11 is 0. The Balaban J connectivity index is 2.42. The summed E-state index contributed by atoms with van der Waals surface area (Å²) in [6.07, 6.45) is 2.89. The van der Waals surface area contributed by atoms with E-state index >= 15 is 0 Å². The summed E-state index contributed by atoms with van der Waals surface area (Å²) in [7, 11) is 0. The molecule has 4 heteroatoms. The summed E-state index contributed by atoms with van der Waals surface area (Å²) in [5.74, 6) is 2.06. The maximum atomic E-state index is 4.72. The lowest BCUT2D eigenvalue weighted by Gasteiger charge is -2.07. The van der Waals surface area contributed by atoms with E-state index in [9.17, 15) is 0 Å². The molecule has 18 heavy (non-hydrogen) atoms. The molecule has 0 aliphatic heterocycles. The van der Waals surface area contributed by atoms with E-state index in [0.717, 1.165) is 47.5 Å². The normalized spacial score (nSPS) is 11.4. The van der Waals surface area contributed by atoms with Crippen LogP contribution < -0.4 is 0 Å². The molecule has 0 radical (unpaired) electrons. The van der Waals surface area contributed by atoms with Gasteiger partial charge in [-0.05, 0) is 18.6 Å². The first kappa shape index (κ1) is 11.1. The zero-order valence-electron chi connectivity index (χ0n) is 10.7. The summed E-state index contributed by atoms with van der Waals surface area (Å²) in [5.41, 5.74) is 1.93. The van der Waals surface area contributed by atoms with Gasteiger partial charge < -0.3 is 0 Å². The predicted molar refractivity (Wildman–Crippen MR) is 71.7 cm³/mol. The molecule has 0 spiro atoms. The largest absolute Gasteiger partial charge is 0.266 e. The molecule has 0 unspecified atom stereocenters. The smallest absolute Gasteiger partial charge is 0.171 e. The van der Waals surface area contributed by atoms with Crippen LogP contribution in [0.3, 0.4) is 0 Å². The van der Waals surface area contributed by atoms with E-state index in [0.29, 0.717) is 0 Å². The highest BCUT2D eigenvalue weighted by molar-refractivity contribution is 5.91. The van der Waals surface area contributed by atoms with Crippen LogP contribution >= 0.6 is 0 Å². The van der Waals surface area contributed by atoms with Crippen molar-refractivity contribution in [1.82, 2.24) is 19.6 Å². The minimum Gasteiger partial charge on any atom is -0.266 e. The molecule has 0 bridgehead atoms. The van der Waals surface area contributed by atoms with Gasteiger partial charge >= 0.3 is 0 Å². The fraction of sp³-hybridized carbons (Fsp3) is 0.357. The topological polar surface area (TPSA) is 43.1 Å². The molecular formula is C14H16N4. The Bertz CT molecular complexity index is 699. The lowest BCUT2D eigenvalue weighted by atomic mass is 10.2. The van der Waals surface area contributed by atoms with E-state index in [1.54, 1.807) is 0 Å². The Hall–Kier alpha value is -1.97.